The van der Waals surface area contributed by atoms with Gasteiger partial charge in [-0.25, -0.2) is 12.8 Å². The van der Waals surface area contributed by atoms with Gasteiger partial charge in [-0.05, 0) is 35.0 Å². The lowest BCUT2D eigenvalue weighted by Crippen LogP contribution is -2.37. The molecule has 0 bridgehead atoms. The van der Waals surface area contributed by atoms with E-state index in [4.69, 9.17) is 0 Å². The number of fused-ring (bicyclic) bond motifs is 2. The van der Waals surface area contributed by atoms with Gasteiger partial charge in [0.25, 0.3) is 10.0 Å². The van der Waals surface area contributed by atoms with Gasteiger partial charge < -0.3 is 5.11 Å². The van der Waals surface area contributed by atoms with Crippen molar-refractivity contribution < 1.29 is 22.7 Å². The van der Waals surface area contributed by atoms with Crippen molar-refractivity contribution in [1.29, 1.82) is 0 Å². The number of ketones is 1. The molecule has 3 aromatic carbocycles. The first kappa shape index (κ1) is 17.2. The van der Waals surface area contributed by atoms with Gasteiger partial charge in [-0.1, -0.05) is 36.4 Å². The maximum Gasteiger partial charge on any atom is 0.265 e. The van der Waals surface area contributed by atoms with Gasteiger partial charge in [0.05, 0.1) is 4.90 Å². The van der Waals surface area contributed by atoms with E-state index in [0.717, 1.165) is 33.3 Å². The third kappa shape index (κ3) is 2.59. The van der Waals surface area contributed by atoms with E-state index in [2.05, 4.69) is 0 Å². The molecule has 1 aliphatic heterocycles. The van der Waals surface area contributed by atoms with E-state index < -0.39 is 33.1 Å². The Kier molecular flexibility index (Phi) is 3.78. The second-order valence-electron chi connectivity index (χ2n) is 6.20. The molecule has 27 heavy (non-hydrogen) atoms. The van der Waals surface area contributed by atoms with Crippen LogP contribution in [0.3, 0.4) is 0 Å². The monoisotopic (exact) mass is 383 g/mol. The fraction of sp³-hybridized carbons (Fsp3) is 0.0500. The molecule has 0 aliphatic carbocycles. The molecular weight excluding hydrogens is 369 g/mol. The zero-order valence-corrected chi connectivity index (χ0v) is 15.0. The Morgan fingerprint density at radius 3 is 2.44 bits per heavy atom. The smallest absolute Gasteiger partial charge is 0.265 e. The fourth-order valence-corrected chi connectivity index (χ4v) is 4.55. The van der Waals surface area contributed by atoms with Gasteiger partial charge in [0.15, 0.2) is 5.76 Å². The Labute approximate surface area is 155 Å². The van der Waals surface area contributed by atoms with E-state index in [-0.39, 0.29) is 10.5 Å². The summed E-state index contributed by atoms with van der Waals surface area (Å²) in [6, 6.07) is 15.4. The van der Waals surface area contributed by atoms with Gasteiger partial charge in [-0.2, -0.15) is 0 Å². The van der Waals surface area contributed by atoms with Crippen LogP contribution in [-0.4, -0.2) is 30.7 Å². The summed E-state index contributed by atoms with van der Waals surface area (Å²) in [5.41, 5.74) is -0.419. The van der Waals surface area contributed by atoms with Crippen molar-refractivity contribution in [1.82, 2.24) is 4.31 Å². The molecule has 0 radical (unpaired) electrons. The Bertz CT molecular complexity index is 1250. The molecule has 0 spiro atoms. The summed E-state index contributed by atoms with van der Waals surface area (Å²) in [6.45, 7) is 0. The molecule has 3 aromatic rings. The molecule has 0 atom stereocenters. The summed E-state index contributed by atoms with van der Waals surface area (Å²) in [7, 11) is -2.90. The SMILES string of the molecule is CN1C(=C(O)c2ccc3ccccc3c2)C(=O)c2cc(F)ccc2S1(=O)=O. The van der Waals surface area contributed by atoms with Crippen LogP contribution < -0.4 is 0 Å². The molecule has 4 rings (SSSR count). The van der Waals surface area contributed by atoms with Gasteiger partial charge >= 0.3 is 0 Å². The minimum Gasteiger partial charge on any atom is -0.505 e. The third-order valence-electron chi connectivity index (χ3n) is 4.60. The van der Waals surface area contributed by atoms with Crippen LogP contribution in [0.4, 0.5) is 4.39 Å². The van der Waals surface area contributed by atoms with E-state index in [1.165, 1.54) is 7.05 Å². The summed E-state index contributed by atoms with van der Waals surface area (Å²) in [6.07, 6.45) is 0. The van der Waals surface area contributed by atoms with Crippen LogP contribution in [0.1, 0.15) is 15.9 Å². The molecule has 136 valence electrons. The second kappa shape index (κ2) is 5.92. The molecule has 1 heterocycles. The zero-order valence-electron chi connectivity index (χ0n) is 14.2. The Hall–Kier alpha value is -3.19. The first-order valence-corrected chi connectivity index (χ1v) is 9.50. The van der Waals surface area contributed by atoms with Crippen molar-refractivity contribution in [2.45, 2.75) is 4.90 Å². The summed E-state index contributed by atoms with van der Waals surface area (Å²) < 4.78 is 39.8. The number of allylic oxidation sites excluding steroid dienone is 1. The van der Waals surface area contributed by atoms with Gasteiger partial charge in [0, 0.05) is 18.2 Å². The van der Waals surface area contributed by atoms with Crippen molar-refractivity contribution in [3.8, 4) is 0 Å². The number of halogens is 1. The molecule has 1 N–H and O–H groups in total. The molecule has 0 amide bonds. The number of rotatable bonds is 1. The quantitative estimate of drug-likeness (QED) is 0.513. The van der Waals surface area contributed by atoms with Crippen molar-refractivity contribution in [2.75, 3.05) is 7.05 Å². The van der Waals surface area contributed by atoms with Gasteiger partial charge in [-0.15, -0.1) is 0 Å². The Morgan fingerprint density at radius 1 is 1.00 bits per heavy atom. The van der Waals surface area contributed by atoms with Gasteiger partial charge in [0.1, 0.15) is 11.5 Å². The third-order valence-corrected chi connectivity index (χ3v) is 6.42. The van der Waals surface area contributed by atoms with Gasteiger partial charge in [0.2, 0.25) is 5.78 Å². The number of carbonyl (C=O) groups excluding carboxylic acids is 1. The topological polar surface area (TPSA) is 74.7 Å². The number of benzene rings is 3. The van der Waals surface area contributed by atoms with Crippen molar-refractivity contribution in [3.05, 3.63) is 83.3 Å². The van der Waals surface area contributed by atoms with Crippen LogP contribution in [0.2, 0.25) is 0 Å². The number of likely N-dealkylation sites (N-methyl/N-ethyl adjacent to an activating group) is 1. The lowest BCUT2D eigenvalue weighted by atomic mass is 10.0. The molecule has 0 saturated carbocycles. The molecule has 0 saturated heterocycles. The van der Waals surface area contributed by atoms with Crippen LogP contribution >= 0.6 is 0 Å². The predicted octanol–water partition coefficient (Wildman–Crippen LogP) is 3.72. The molecule has 0 aromatic heterocycles. The van der Waals surface area contributed by atoms with Crippen molar-refractivity contribution in [3.63, 3.8) is 0 Å². The van der Waals surface area contributed by atoms with Crippen LogP contribution in [-0.2, 0) is 10.0 Å². The van der Waals surface area contributed by atoms with E-state index >= 15 is 0 Å². The maximum atomic E-state index is 13.6. The lowest BCUT2D eigenvalue weighted by molar-refractivity contribution is 0.100. The van der Waals surface area contributed by atoms with E-state index in [1.807, 2.05) is 24.3 Å². The van der Waals surface area contributed by atoms with Crippen LogP contribution in [0.25, 0.3) is 16.5 Å². The number of Topliss-reactive ketones (excluding diaryl/α,β-unsaturated/α-hetero) is 1. The van der Waals surface area contributed by atoms with Crippen molar-refractivity contribution in [2.24, 2.45) is 0 Å². The lowest BCUT2D eigenvalue weighted by Gasteiger charge is -2.28. The fourth-order valence-electron chi connectivity index (χ4n) is 3.17. The van der Waals surface area contributed by atoms with Crippen molar-refractivity contribution >= 4 is 32.3 Å². The number of nitrogens with zero attached hydrogens (tertiary/aromatic N) is 1. The normalized spacial score (nSPS) is 17.7. The molecular formula is C20H14FNO4S. The molecule has 7 heteroatoms. The summed E-state index contributed by atoms with van der Waals surface area (Å²) >= 11 is 0. The maximum absolute atomic E-state index is 13.6. The highest BCUT2D eigenvalue weighted by molar-refractivity contribution is 7.89. The minimum atomic E-state index is -4.09. The average Bonchev–Trinajstić information content (AvgIpc) is 2.66. The van der Waals surface area contributed by atoms with Crippen LogP contribution in [0, 0.1) is 5.82 Å². The Morgan fingerprint density at radius 2 is 1.70 bits per heavy atom. The summed E-state index contributed by atoms with van der Waals surface area (Å²) in [5, 5.41) is 12.5. The Balaban J connectivity index is 1.97. The second-order valence-corrected chi connectivity index (χ2v) is 8.14. The van der Waals surface area contributed by atoms with Gasteiger partial charge in [-0.3, -0.25) is 9.10 Å². The first-order valence-electron chi connectivity index (χ1n) is 8.06. The molecule has 1 aliphatic rings. The minimum absolute atomic E-state index is 0.286. The number of sulfonamides is 1. The van der Waals surface area contributed by atoms with E-state index in [0.29, 0.717) is 5.56 Å². The first-order chi connectivity index (χ1) is 12.8. The number of aliphatic hydroxyl groups is 1. The summed E-state index contributed by atoms with van der Waals surface area (Å²) in [4.78, 5) is 12.6. The molecule has 5 nitrogen and oxygen atoms in total. The molecule has 0 fully saturated rings. The van der Waals surface area contributed by atoms with Crippen LogP contribution in [0.15, 0.2) is 71.3 Å². The molecule has 0 unspecified atom stereocenters. The predicted molar refractivity (Wildman–Crippen MR) is 99.2 cm³/mol. The van der Waals surface area contributed by atoms with E-state index in [9.17, 15) is 22.7 Å². The number of aliphatic hydroxyl groups excluding tert-OH is 1. The number of hydrogen-bond acceptors (Lipinski definition) is 4. The number of hydrogen-bond donors (Lipinski definition) is 1. The number of carbonyl (C=O) groups is 1. The highest BCUT2D eigenvalue weighted by Gasteiger charge is 2.39. The summed E-state index contributed by atoms with van der Waals surface area (Å²) in [5.74, 6) is -1.97. The average molecular weight is 383 g/mol. The standard InChI is InChI=1S/C20H14FNO4S/c1-22-18(19(23)14-7-6-12-4-2-3-5-13(12)10-14)20(24)16-11-15(21)8-9-17(16)27(22,25)26/h2-11,23H,1H3. The zero-order chi connectivity index (χ0) is 19.3. The highest BCUT2D eigenvalue weighted by atomic mass is 32.2. The van der Waals surface area contributed by atoms with E-state index in [1.54, 1.807) is 18.2 Å². The largest absolute Gasteiger partial charge is 0.505 e. The van der Waals surface area contributed by atoms with Crippen LogP contribution in [0.5, 0.6) is 0 Å². The highest BCUT2D eigenvalue weighted by Crippen LogP contribution is 2.35.